The molecule has 9 rings (SSSR count). The Labute approximate surface area is 289 Å². The average molecular weight is 635 g/mol. The van der Waals surface area contributed by atoms with Crippen LogP contribution in [0.3, 0.4) is 0 Å². The second-order valence-electron chi connectivity index (χ2n) is 12.7. The molecule has 4 nitrogen and oxygen atoms in total. The van der Waals surface area contributed by atoms with Crippen molar-refractivity contribution in [2.75, 3.05) is 0 Å². The van der Waals surface area contributed by atoms with Gasteiger partial charge in [-0.15, -0.1) is 0 Å². The third kappa shape index (κ3) is 5.00. The van der Waals surface area contributed by atoms with Crippen molar-refractivity contribution in [2.24, 2.45) is 5.92 Å². The van der Waals surface area contributed by atoms with Gasteiger partial charge >= 0.3 is 0 Å². The van der Waals surface area contributed by atoms with E-state index in [-0.39, 0.29) is 11.8 Å². The zero-order chi connectivity index (χ0) is 34.2. The molecule has 0 amide bonds. The summed E-state index contributed by atoms with van der Waals surface area (Å²) in [6.07, 6.45) is 4.44. The van der Waals surface area contributed by atoms with E-state index < -0.39 is 0 Å². The molecule has 1 heterocycles. The highest BCUT2D eigenvalue weighted by molar-refractivity contribution is 5.84. The summed E-state index contributed by atoms with van der Waals surface area (Å²) in [5, 5.41) is 20.9. The molecule has 49 heavy (non-hydrogen) atoms. The summed E-state index contributed by atoms with van der Waals surface area (Å²) < 4.78 is 2.33. The Balaban J connectivity index is 0.00000186. The maximum absolute atomic E-state index is 10.4. The number of allylic oxidation sites excluding steroid dienone is 1. The lowest BCUT2D eigenvalue weighted by atomic mass is 9.58. The molecule has 0 saturated heterocycles. The summed E-state index contributed by atoms with van der Waals surface area (Å²) in [4.78, 5) is 5.20. The van der Waals surface area contributed by atoms with Gasteiger partial charge in [-0.05, 0) is 81.6 Å². The molecular weight excluding hydrogens is 597 g/mol. The lowest BCUT2D eigenvalue weighted by Gasteiger charge is -2.45. The van der Waals surface area contributed by atoms with E-state index in [1.54, 1.807) is 0 Å². The molecule has 0 saturated carbocycles. The summed E-state index contributed by atoms with van der Waals surface area (Å²) in [7, 11) is 0. The van der Waals surface area contributed by atoms with E-state index in [1.165, 1.54) is 5.56 Å². The number of nitrogens with zero attached hydrogens (tertiary/aromatic N) is 4. The number of nitriles is 2. The van der Waals surface area contributed by atoms with Crippen LogP contribution in [-0.4, -0.2) is 9.55 Å². The number of imidazole rings is 1. The zero-order valence-corrected chi connectivity index (χ0v) is 28.6. The number of aryl methyl sites for hydroxylation is 1. The van der Waals surface area contributed by atoms with Gasteiger partial charge in [-0.1, -0.05) is 125 Å². The second-order valence-corrected chi connectivity index (χ2v) is 12.7. The van der Waals surface area contributed by atoms with Gasteiger partial charge in [0.05, 0.1) is 40.3 Å². The van der Waals surface area contributed by atoms with Gasteiger partial charge in [0.1, 0.15) is 5.82 Å². The molecule has 0 unspecified atom stereocenters. The Morgan fingerprint density at radius 2 is 1.22 bits per heavy atom. The molecule has 0 fully saturated rings. The molecule has 3 aliphatic carbocycles. The molecule has 3 aliphatic rings. The largest absolute Gasteiger partial charge is 0.292 e. The second kappa shape index (κ2) is 12.9. The Kier molecular flexibility index (Phi) is 8.33. The van der Waals surface area contributed by atoms with E-state index in [0.717, 1.165) is 67.4 Å². The minimum atomic E-state index is -0.277. The fourth-order valence-corrected chi connectivity index (χ4v) is 7.77. The van der Waals surface area contributed by atoms with Gasteiger partial charge in [0.2, 0.25) is 0 Å². The lowest BCUT2D eigenvalue weighted by Crippen LogP contribution is -2.31. The lowest BCUT2D eigenvalue weighted by molar-refractivity contribution is 0.743. The molecule has 0 spiro atoms. The predicted molar refractivity (Wildman–Crippen MR) is 199 cm³/mol. The zero-order valence-electron chi connectivity index (χ0n) is 28.6. The van der Waals surface area contributed by atoms with Gasteiger partial charge < -0.3 is 0 Å². The first-order valence-electron chi connectivity index (χ1n) is 17.1. The molecule has 0 atom stereocenters. The highest BCUT2D eigenvalue weighted by atomic mass is 15.1. The van der Waals surface area contributed by atoms with Crippen LogP contribution in [0.1, 0.15) is 95.4 Å². The van der Waals surface area contributed by atoms with Gasteiger partial charge in [0.25, 0.3) is 0 Å². The number of aromatic nitrogens is 2. The normalized spacial score (nSPS) is 15.1. The van der Waals surface area contributed by atoms with Crippen LogP contribution in [0.2, 0.25) is 0 Å². The summed E-state index contributed by atoms with van der Waals surface area (Å²) in [6, 6.07) is 42.6. The topological polar surface area (TPSA) is 65.4 Å². The van der Waals surface area contributed by atoms with Gasteiger partial charge in [0.15, 0.2) is 0 Å². The van der Waals surface area contributed by atoms with Crippen LogP contribution in [0.25, 0.3) is 34.3 Å². The Morgan fingerprint density at radius 1 is 0.653 bits per heavy atom. The summed E-state index contributed by atoms with van der Waals surface area (Å²) in [5.41, 5.74) is 14.3. The van der Waals surface area contributed by atoms with Crippen molar-refractivity contribution < 1.29 is 0 Å². The molecule has 0 aliphatic heterocycles. The van der Waals surface area contributed by atoms with Crippen molar-refractivity contribution >= 4 is 6.08 Å². The summed E-state index contributed by atoms with van der Waals surface area (Å²) >= 11 is 0. The van der Waals surface area contributed by atoms with Gasteiger partial charge in [-0.3, -0.25) is 4.57 Å². The number of hydrogen-bond donors (Lipinski definition) is 0. The van der Waals surface area contributed by atoms with Gasteiger partial charge in [0, 0.05) is 17.4 Å². The average Bonchev–Trinajstić information content (AvgIpc) is 3.49. The van der Waals surface area contributed by atoms with E-state index >= 15 is 0 Å². The number of benzene rings is 5. The van der Waals surface area contributed by atoms with Crippen molar-refractivity contribution in [2.45, 2.75) is 46.5 Å². The fourth-order valence-electron chi connectivity index (χ4n) is 7.77. The Hall–Kier alpha value is -5.97. The fraction of sp³-hybridized carbons (Fsp3) is 0.178. The SMILES string of the molecule is CC.Cc1nc(-c2ccccc2)n(-c2ccc(-c3ccccc3)c3c2C2c4cccc(C#N)c4C3c3c(C#N)cccc32)c1/C=C\C(C)C. The van der Waals surface area contributed by atoms with Crippen LogP contribution < -0.4 is 0 Å². The van der Waals surface area contributed by atoms with Gasteiger partial charge in [-0.25, -0.2) is 4.98 Å². The third-order valence-corrected chi connectivity index (χ3v) is 9.66. The third-order valence-electron chi connectivity index (χ3n) is 9.66. The minimum Gasteiger partial charge on any atom is -0.292 e. The van der Waals surface area contributed by atoms with Crippen LogP contribution >= 0.6 is 0 Å². The first-order valence-corrected chi connectivity index (χ1v) is 17.1. The monoisotopic (exact) mass is 634 g/mol. The quantitative estimate of drug-likeness (QED) is 0.189. The van der Waals surface area contributed by atoms with Crippen molar-refractivity contribution in [3.8, 4) is 40.3 Å². The predicted octanol–water partition coefficient (Wildman–Crippen LogP) is 10.9. The first-order chi connectivity index (χ1) is 24.0. The van der Waals surface area contributed by atoms with E-state index in [2.05, 4.69) is 122 Å². The van der Waals surface area contributed by atoms with Crippen LogP contribution in [0, 0.1) is 35.5 Å². The van der Waals surface area contributed by atoms with Crippen LogP contribution in [-0.2, 0) is 0 Å². The van der Waals surface area contributed by atoms with Crippen molar-refractivity contribution in [3.05, 3.63) is 171 Å². The molecule has 2 bridgehead atoms. The molecule has 4 heteroatoms. The number of rotatable bonds is 5. The molecule has 5 aromatic carbocycles. The van der Waals surface area contributed by atoms with E-state index in [4.69, 9.17) is 4.98 Å². The van der Waals surface area contributed by atoms with Crippen molar-refractivity contribution in [3.63, 3.8) is 0 Å². The number of hydrogen-bond acceptors (Lipinski definition) is 3. The van der Waals surface area contributed by atoms with Crippen molar-refractivity contribution in [1.82, 2.24) is 9.55 Å². The maximum Gasteiger partial charge on any atom is 0.145 e. The Morgan fingerprint density at radius 3 is 1.78 bits per heavy atom. The summed E-state index contributed by atoms with van der Waals surface area (Å²) in [5.74, 6) is 0.810. The molecule has 238 valence electrons. The molecule has 0 N–H and O–H groups in total. The van der Waals surface area contributed by atoms with Crippen LogP contribution in [0.4, 0.5) is 0 Å². The standard InChI is InChI=1S/C43H32N4.C2H6/c1-26(2)20-22-35-27(3)46-43(29-14-8-5-9-15-29)47(35)36-23-21-32(28-12-6-4-7-13-28)40-41(36)39-33-18-10-16-30(24-44)37(33)42(40)38-31(25-45)17-11-19-34(38)39;1-2/h4-23,26,39,42H,1-3H3;1-2H3/b22-20-;. The van der Waals surface area contributed by atoms with E-state index in [0.29, 0.717) is 17.0 Å². The van der Waals surface area contributed by atoms with E-state index in [1.807, 2.05) is 50.2 Å². The smallest absolute Gasteiger partial charge is 0.145 e. The minimum absolute atomic E-state index is 0.173. The molecule has 0 radical (unpaired) electrons. The highest BCUT2D eigenvalue weighted by Gasteiger charge is 2.46. The molecule has 6 aromatic rings. The molecule has 1 aromatic heterocycles. The van der Waals surface area contributed by atoms with Gasteiger partial charge in [-0.2, -0.15) is 10.5 Å². The van der Waals surface area contributed by atoms with Crippen molar-refractivity contribution in [1.29, 1.82) is 10.5 Å². The van der Waals surface area contributed by atoms with Crippen LogP contribution in [0.15, 0.2) is 115 Å². The van der Waals surface area contributed by atoms with E-state index in [9.17, 15) is 10.5 Å². The first kappa shape index (κ1) is 31.6. The highest BCUT2D eigenvalue weighted by Crippen LogP contribution is 2.60. The maximum atomic E-state index is 10.4. The summed E-state index contributed by atoms with van der Waals surface area (Å²) in [6.45, 7) is 10.5. The van der Waals surface area contributed by atoms with Crippen LogP contribution in [0.5, 0.6) is 0 Å². The molecular formula is C45H38N4. The Bertz CT molecular complexity index is 2250.